The average Bonchev–Trinajstić information content (AvgIpc) is 3.03. The van der Waals surface area contributed by atoms with E-state index in [-0.39, 0.29) is 12.3 Å². The summed E-state index contributed by atoms with van der Waals surface area (Å²) in [4.78, 5) is 34.9. The lowest BCUT2D eigenvalue weighted by Gasteiger charge is -2.35. The maximum atomic E-state index is 12.8. The number of hydrogen-bond acceptors (Lipinski definition) is 4. The van der Waals surface area contributed by atoms with Crippen LogP contribution in [0.15, 0.2) is 48.9 Å². The molecule has 2 heterocycles. The summed E-state index contributed by atoms with van der Waals surface area (Å²) in [7, 11) is 0. The first kappa shape index (κ1) is 15.1. The Kier molecular flexibility index (Phi) is 4.06. The van der Waals surface area contributed by atoms with Crippen LogP contribution in [0.25, 0.3) is 0 Å². The molecule has 0 unspecified atom stereocenters. The van der Waals surface area contributed by atoms with Crippen LogP contribution in [0.2, 0.25) is 0 Å². The topological polar surface area (TPSA) is 89.2 Å². The standard InChI is InChI=1S/C17H18N4O2/c18-16(23)17(14-12-19-8-9-20-14)7-4-10-21(17)15(22)11-13-5-2-1-3-6-13/h1-3,5-6,8-9,12H,4,7,10-11H2,(H2,18,23)/t17-/m0/s1. The summed E-state index contributed by atoms with van der Waals surface area (Å²) in [6.07, 6.45) is 5.97. The number of hydrogen-bond donors (Lipinski definition) is 1. The maximum Gasteiger partial charge on any atom is 0.249 e. The number of benzene rings is 1. The number of nitrogens with two attached hydrogens (primary N) is 1. The Morgan fingerprint density at radius 1 is 1.22 bits per heavy atom. The summed E-state index contributed by atoms with van der Waals surface area (Å²) in [6, 6.07) is 9.45. The molecule has 0 spiro atoms. The van der Waals surface area contributed by atoms with Gasteiger partial charge in [0.1, 0.15) is 0 Å². The van der Waals surface area contributed by atoms with Crippen molar-refractivity contribution in [1.29, 1.82) is 0 Å². The van der Waals surface area contributed by atoms with Gasteiger partial charge in [-0.25, -0.2) is 0 Å². The Hall–Kier alpha value is -2.76. The number of primary amides is 1. The smallest absolute Gasteiger partial charge is 0.249 e. The Morgan fingerprint density at radius 3 is 2.65 bits per heavy atom. The zero-order valence-electron chi connectivity index (χ0n) is 12.7. The minimum Gasteiger partial charge on any atom is -0.367 e. The summed E-state index contributed by atoms with van der Waals surface area (Å²) < 4.78 is 0. The second-order valence-electron chi connectivity index (χ2n) is 5.63. The fraction of sp³-hybridized carbons (Fsp3) is 0.294. The lowest BCUT2D eigenvalue weighted by Crippen LogP contribution is -2.54. The molecule has 3 rings (SSSR count). The molecule has 118 valence electrons. The van der Waals surface area contributed by atoms with Crippen LogP contribution in [0.1, 0.15) is 24.1 Å². The number of amides is 2. The van der Waals surface area contributed by atoms with E-state index in [0.717, 1.165) is 5.56 Å². The maximum absolute atomic E-state index is 12.8. The van der Waals surface area contributed by atoms with Gasteiger partial charge in [0.25, 0.3) is 0 Å². The van der Waals surface area contributed by atoms with Gasteiger partial charge < -0.3 is 10.6 Å². The van der Waals surface area contributed by atoms with Gasteiger partial charge >= 0.3 is 0 Å². The van der Waals surface area contributed by atoms with Crippen LogP contribution in [0.3, 0.4) is 0 Å². The molecule has 0 radical (unpaired) electrons. The number of carbonyl (C=O) groups excluding carboxylic acids is 2. The molecule has 1 fully saturated rings. The second kappa shape index (κ2) is 6.16. The van der Waals surface area contributed by atoms with Crippen LogP contribution in [0, 0.1) is 0 Å². The van der Waals surface area contributed by atoms with Gasteiger partial charge in [-0.3, -0.25) is 19.6 Å². The molecule has 0 aliphatic carbocycles. The van der Waals surface area contributed by atoms with E-state index in [4.69, 9.17) is 5.73 Å². The molecular weight excluding hydrogens is 292 g/mol. The van der Waals surface area contributed by atoms with Gasteiger partial charge in [-0.05, 0) is 18.4 Å². The van der Waals surface area contributed by atoms with Gasteiger partial charge in [0.05, 0.1) is 18.3 Å². The molecule has 1 aliphatic heterocycles. The third kappa shape index (κ3) is 2.67. The molecule has 1 aromatic heterocycles. The van der Waals surface area contributed by atoms with Gasteiger partial charge in [-0.15, -0.1) is 0 Å². The lowest BCUT2D eigenvalue weighted by atomic mass is 9.90. The highest BCUT2D eigenvalue weighted by Crippen LogP contribution is 2.37. The molecule has 1 aromatic carbocycles. The summed E-state index contributed by atoms with van der Waals surface area (Å²) >= 11 is 0. The van der Waals surface area contributed by atoms with E-state index in [1.54, 1.807) is 4.90 Å². The average molecular weight is 310 g/mol. The molecule has 2 aromatic rings. The first-order valence-corrected chi connectivity index (χ1v) is 7.55. The Labute approximate surface area is 134 Å². The quantitative estimate of drug-likeness (QED) is 0.913. The van der Waals surface area contributed by atoms with Crippen molar-refractivity contribution in [3.63, 3.8) is 0 Å². The predicted molar refractivity (Wildman–Crippen MR) is 84.0 cm³/mol. The van der Waals surface area contributed by atoms with Gasteiger partial charge in [0.15, 0.2) is 5.54 Å². The molecule has 1 atom stereocenters. The first-order valence-electron chi connectivity index (χ1n) is 7.55. The Balaban J connectivity index is 1.94. The number of likely N-dealkylation sites (tertiary alicyclic amines) is 1. The SMILES string of the molecule is NC(=O)[C@@]1(c2cnccn2)CCCN1C(=O)Cc1ccccc1. The van der Waals surface area contributed by atoms with Crippen molar-refractivity contribution in [2.24, 2.45) is 5.73 Å². The molecule has 6 heteroatoms. The molecule has 0 saturated carbocycles. The fourth-order valence-electron chi connectivity index (χ4n) is 3.18. The fourth-order valence-corrected chi connectivity index (χ4v) is 3.18. The van der Waals surface area contributed by atoms with Gasteiger partial charge in [0.2, 0.25) is 11.8 Å². The van der Waals surface area contributed by atoms with E-state index in [0.29, 0.717) is 25.1 Å². The second-order valence-corrected chi connectivity index (χ2v) is 5.63. The van der Waals surface area contributed by atoms with Crippen LogP contribution in [-0.2, 0) is 21.5 Å². The number of aromatic nitrogens is 2. The highest BCUT2D eigenvalue weighted by atomic mass is 16.2. The zero-order chi connectivity index (χ0) is 16.3. The highest BCUT2D eigenvalue weighted by molar-refractivity contribution is 5.92. The van der Waals surface area contributed by atoms with Crippen LogP contribution >= 0.6 is 0 Å². The van der Waals surface area contributed by atoms with Crippen LogP contribution in [-0.4, -0.2) is 33.2 Å². The van der Waals surface area contributed by atoms with Crippen molar-refractivity contribution >= 4 is 11.8 Å². The summed E-state index contributed by atoms with van der Waals surface area (Å²) in [6.45, 7) is 0.491. The molecule has 0 bridgehead atoms. The van der Waals surface area contributed by atoms with Gasteiger partial charge in [0, 0.05) is 18.9 Å². The molecule has 6 nitrogen and oxygen atoms in total. The normalized spacial score (nSPS) is 20.4. The number of nitrogens with zero attached hydrogens (tertiary/aromatic N) is 3. The minimum absolute atomic E-state index is 0.127. The van der Waals surface area contributed by atoms with E-state index in [9.17, 15) is 9.59 Å². The van der Waals surface area contributed by atoms with Crippen LogP contribution in [0.5, 0.6) is 0 Å². The van der Waals surface area contributed by atoms with E-state index < -0.39 is 11.4 Å². The first-order chi connectivity index (χ1) is 11.1. The monoisotopic (exact) mass is 310 g/mol. The Morgan fingerprint density at radius 2 is 2.00 bits per heavy atom. The van der Waals surface area contributed by atoms with Crippen molar-refractivity contribution in [3.8, 4) is 0 Å². The molecule has 23 heavy (non-hydrogen) atoms. The van der Waals surface area contributed by atoms with Gasteiger partial charge in [-0.2, -0.15) is 0 Å². The molecule has 2 amide bonds. The largest absolute Gasteiger partial charge is 0.367 e. The number of rotatable bonds is 4. The van der Waals surface area contributed by atoms with E-state index >= 15 is 0 Å². The van der Waals surface area contributed by atoms with Crippen LogP contribution < -0.4 is 5.73 Å². The van der Waals surface area contributed by atoms with Crippen molar-refractivity contribution in [2.75, 3.05) is 6.54 Å². The van der Waals surface area contributed by atoms with Gasteiger partial charge in [-0.1, -0.05) is 30.3 Å². The lowest BCUT2D eigenvalue weighted by molar-refractivity contribution is -0.144. The van der Waals surface area contributed by atoms with Crippen molar-refractivity contribution in [1.82, 2.24) is 14.9 Å². The summed E-state index contributed by atoms with van der Waals surface area (Å²) in [5.41, 5.74) is 5.83. The summed E-state index contributed by atoms with van der Waals surface area (Å²) in [5, 5.41) is 0. The molecular formula is C17H18N4O2. The summed E-state index contributed by atoms with van der Waals surface area (Å²) in [5.74, 6) is -0.685. The highest BCUT2D eigenvalue weighted by Gasteiger charge is 2.51. The molecule has 1 saturated heterocycles. The number of carbonyl (C=O) groups is 2. The van der Waals surface area contributed by atoms with E-state index in [1.165, 1.54) is 18.6 Å². The van der Waals surface area contributed by atoms with Crippen molar-refractivity contribution < 1.29 is 9.59 Å². The van der Waals surface area contributed by atoms with E-state index in [1.807, 2.05) is 30.3 Å². The molecule has 1 aliphatic rings. The Bertz CT molecular complexity index is 705. The third-order valence-corrected chi connectivity index (χ3v) is 4.27. The van der Waals surface area contributed by atoms with Crippen LogP contribution in [0.4, 0.5) is 0 Å². The third-order valence-electron chi connectivity index (χ3n) is 4.27. The minimum atomic E-state index is -1.19. The van der Waals surface area contributed by atoms with Crippen molar-refractivity contribution in [2.45, 2.75) is 24.8 Å². The molecule has 2 N–H and O–H groups in total. The van der Waals surface area contributed by atoms with E-state index in [2.05, 4.69) is 9.97 Å². The van der Waals surface area contributed by atoms with Crippen molar-refractivity contribution in [3.05, 3.63) is 60.2 Å². The predicted octanol–water partition coefficient (Wildman–Crippen LogP) is 1.02. The zero-order valence-corrected chi connectivity index (χ0v) is 12.7.